The van der Waals surface area contributed by atoms with E-state index in [1.54, 1.807) is 7.11 Å². The van der Waals surface area contributed by atoms with Gasteiger partial charge in [-0.2, -0.15) is 0 Å². The van der Waals surface area contributed by atoms with E-state index in [1.165, 1.54) is 11.1 Å². The lowest BCUT2D eigenvalue weighted by Gasteiger charge is -2.18. The van der Waals surface area contributed by atoms with Crippen molar-refractivity contribution in [2.75, 3.05) is 12.4 Å². The molecule has 0 bridgehead atoms. The van der Waals surface area contributed by atoms with E-state index in [2.05, 4.69) is 53.3 Å². The maximum atomic E-state index is 5.39. The van der Waals surface area contributed by atoms with Crippen LogP contribution in [0.5, 0.6) is 5.75 Å². The van der Waals surface area contributed by atoms with Crippen LogP contribution in [0.4, 0.5) is 5.69 Å². The number of nitrogens with one attached hydrogen (secondary N) is 1. The van der Waals surface area contributed by atoms with Crippen LogP contribution in [0, 0.1) is 6.92 Å². The van der Waals surface area contributed by atoms with Crippen molar-refractivity contribution in [2.24, 2.45) is 0 Å². The summed E-state index contributed by atoms with van der Waals surface area (Å²) in [6.45, 7) is 4.22. The third-order valence-electron chi connectivity index (χ3n) is 3.08. The molecule has 0 aliphatic rings. The van der Waals surface area contributed by atoms with Gasteiger partial charge >= 0.3 is 0 Å². The SMILES string of the molecule is COc1ccc(C)cc1NC(C)c1cccc(Br)c1. The molecule has 19 heavy (non-hydrogen) atoms. The molecule has 0 aliphatic heterocycles. The first-order valence-corrected chi connectivity index (χ1v) is 7.06. The van der Waals surface area contributed by atoms with Gasteiger partial charge < -0.3 is 10.1 Å². The molecular weight excluding hydrogens is 302 g/mol. The van der Waals surface area contributed by atoms with Crippen molar-refractivity contribution in [1.82, 2.24) is 0 Å². The molecule has 3 heteroatoms. The van der Waals surface area contributed by atoms with Gasteiger partial charge in [0, 0.05) is 10.5 Å². The molecule has 100 valence electrons. The minimum atomic E-state index is 0.216. The summed E-state index contributed by atoms with van der Waals surface area (Å²) in [6, 6.07) is 14.7. The molecule has 1 N–H and O–H groups in total. The fourth-order valence-corrected chi connectivity index (χ4v) is 2.44. The number of hydrogen-bond acceptors (Lipinski definition) is 2. The maximum Gasteiger partial charge on any atom is 0.141 e. The minimum absolute atomic E-state index is 0.216. The molecule has 0 saturated heterocycles. The highest BCUT2D eigenvalue weighted by atomic mass is 79.9. The van der Waals surface area contributed by atoms with Crippen molar-refractivity contribution in [3.63, 3.8) is 0 Å². The Bertz CT molecular complexity index is 568. The normalized spacial score (nSPS) is 12.0. The van der Waals surface area contributed by atoms with E-state index in [1.807, 2.05) is 24.3 Å². The van der Waals surface area contributed by atoms with Gasteiger partial charge in [0.25, 0.3) is 0 Å². The molecule has 0 spiro atoms. The summed E-state index contributed by atoms with van der Waals surface area (Å²) in [7, 11) is 1.69. The van der Waals surface area contributed by atoms with E-state index in [0.29, 0.717) is 0 Å². The summed E-state index contributed by atoms with van der Waals surface area (Å²) in [4.78, 5) is 0. The van der Waals surface area contributed by atoms with Crippen LogP contribution in [0.1, 0.15) is 24.1 Å². The zero-order valence-electron chi connectivity index (χ0n) is 11.4. The van der Waals surface area contributed by atoms with E-state index in [0.717, 1.165) is 15.9 Å². The summed E-state index contributed by atoms with van der Waals surface area (Å²) in [5.74, 6) is 0.868. The molecule has 0 aromatic heterocycles. The van der Waals surface area contributed by atoms with E-state index in [9.17, 15) is 0 Å². The van der Waals surface area contributed by atoms with Crippen molar-refractivity contribution in [2.45, 2.75) is 19.9 Å². The van der Waals surface area contributed by atoms with Crippen molar-refractivity contribution in [3.8, 4) is 5.75 Å². The van der Waals surface area contributed by atoms with Crippen LogP contribution in [0.15, 0.2) is 46.9 Å². The number of halogens is 1. The summed E-state index contributed by atoms with van der Waals surface area (Å²) < 4.78 is 6.48. The van der Waals surface area contributed by atoms with E-state index >= 15 is 0 Å². The number of methoxy groups -OCH3 is 1. The molecule has 0 saturated carbocycles. The number of benzene rings is 2. The van der Waals surface area contributed by atoms with Crippen LogP contribution in [0.25, 0.3) is 0 Å². The van der Waals surface area contributed by atoms with Gasteiger partial charge in [0.15, 0.2) is 0 Å². The fourth-order valence-electron chi connectivity index (χ4n) is 2.03. The standard InChI is InChI=1S/C16H18BrNO/c1-11-7-8-16(19-3)15(9-11)18-12(2)13-5-4-6-14(17)10-13/h4-10,12,18H,1-3H3. The average molecular weight is 320 g/mol. The van der Waals surface area contributed by atoms with E-state index < -0.39 is 0 Å². The van der Waals surface area contributed by atoms with Gasteiger partial charge in [0.1, 0.15) is 5.75 Å². The molecule has 0 aliphatic carbocycles. The van der Waals surface area contributed by atoms with Crippen LogP contribution < -0.4 is 10.1 Å². The first-order chi connectivity index (χ1) is 9.10. The number of ether oxygens (including phenoxy) is 1. The molecule has 2 aromatic carbocycles. The molecule has 0 heterocycles. The maximum absolute atomic E-state index is 5.39. The van der Waals surface area contributed by atoms with Gasteiger partial charge in [0.2, 0.25) is 0 Å². The van der Waals surface area contributed by atoms with Gasteiger partial charge in [-0.25, -0.2) is 0 Å². The van der Waals surface area contributed by atoms with Crippen LogP contribution >= 0.6 is 15.9 Å². The minimum Gasteiger partial charge on any atom is -0.495 e. The highest BCUT2D eigenvalue weighted by Gasteiger charge is 2.09. The molecule has 2 nitrogen and oxygen atoms in total. The highest BCUT2D eigenvalue weighted by Crippen LogP contribution is 2.29. The smallest absolute Gasteiger partial charge is 0.141 e. The Balaban J connectivity index is 2.23. The van der Waals surface area contributed by atoms with Crippen molar-refractivity contribution >= 4 is 21.6 Å². The number of aryl methyl sites for hydroxylation is 1. The Morgan fingerprint density at radius 1 is 1.16 bits per heavy atom. The average Bonchev–Trinajstić information content (AvgIpc) is 2.39. The molecule has 1 unspecified atom stereocenters. The monoisotopic (exact) mass is 319 g/mol. The van der Waals surface area contributed by atoms with Gasteiger partial charge in [-0.05, 0) is 49.2 Å². The lowest BCUT2D eigenvalue weighted by Crippen LogP contribution is -2.07. The first kappa shape index (κ1) is 13.9. The number of rotatable bonds is 4. The zero-order valence-corrected chi connectivity index (χ0v) is 13.0. The van der Waals surface area contributed by atoms with Crippen LogP contribution in [0.2, 0.25) is 0 Å². The lowest BCUT2D eigenvalue weighted by molar-refractivity contribution is 0.416. The zero-order chi connectivity index (χ0) is 13.8. The molecular formula is C16H18BrNO. The van der Waals surface area contributed by atoms with Crippen LogP contribution in [-0.2, 0) is 0 Å². The predicted octanol–water partition coefficient (Wildman–Crippen LogP) is 4.94. The van der Waals surface area contributed by atoms with Crippen molar-refractivity contribution in [1.29, 1.82) is 0 Å². The summed E-state index contributed by atoms with van der Waals surface area (Å²) in [5.41, 5.74) is 3.47. The molecule has 2 rings (SSSR count). The van der Waals surface area contributed by atoms with Crippen LogP contribution in [-0.4, -0.2) is 7.11 Å². The highest BCUT2D eigenvalue weighted by molar-refractivity contribution is 9.10. The number of hydrogen-bond donors (Lipinski definition) is 1. The van der Waals surface area contributed by atoms with Gasteiger partial charge in [-0.15, -0.1) is 0 Å². The fraction of sp³-hybridized carbons (Fsp3) is 0.250. The van der Waals surface area contributed by atoms with Crippen LogP contribution in [0.3, 0.4) is 0 Å². The van der Waals surface area contributed by atoms with Crippen molar-refractivity contribution < 1.29 is 4.74 Å². The Hall–Kier alpha value is -1.48. The van der Waals surface area contributed by atoms with E-state index in [4.69, 9.17) is 4.74 Å². The van der Waals surface area contributed by atoms with Gasteiger partial charge in [0.05, 0.1) is 12.8 Å². The van der Waals surface area contributed by atoms with Gasteiger partial charge in [-0.1, -0.05) is 34.1 Å². The molecule has 0 amide bonds. The molecule has 0 fully saturated rings. The Kier molecular flexibility index (Phi) is 4.48. The third kappa shape index (κ3) is 3.51. The Morgan fingerprint density at radius 3 is 2.63 bits per heavy atom. The number of anilines is 1. The van der Waals surface area contributed by atoms with Gasteiger partial charge in [-0.3, -0.25) is 0 Å². The summed E-state index contributed by atoms with van der Waals surface area (Å²) in [6.07, 6.45) is 0. The summed E-state index contributed by atoms with van der Waals surface area (Å²) in [5, 5.41) is 3.50. The molecule has 2 aromatic rings. The molecule has 1 atom stereocenters. The third-order valence-corrected chi connectivity index (χ3v) is 3.57. The topological polar surface area (TPSA) is 21.3 Å². The second kappa shape index (κ2) is 6.11. The quantitative estimate of drug-likeness (QED) is 0.861. The lowest BCUT2D eigenvalue weighted by atomic mass is 10.1. The van der Waals surface area contributed by atoms with Crippen molar-refractivity contribution in [3.05, 3.63) is 58.1 Å². The largest absolute Gasteiger partial charge is 0.495 e. The Labute approximate surface area is 122 Å². The molecule has 0 radical (unpaired) electrons. The summed E-state index contributed by atoms with van der Waals surface area (Å²) >= 11 is 3.50. The van der Waals surface area contributed by atoms with E-state index in [-0.39, 0.29) is 6.04 Å². The second-order valence-electron chi connectivity index (χ2n) is 4.62. The Morgan fingerprint density at radius 2 is 1.95 bits per heavy atom. The predicted molar refractivity (Wildman–Crippen MR) is 83.9 cm³/mol. The second-order valence-corrected chi connectivity index (χ2v) is 5.54. The first-order valence-electron chi connectivity index (χ1n) is 6.27.